The monoisotopic (exact) mass is 224 g/mol. The second-order valence-corrected chi connectivity index (χ2v) is 3.87. The van der Waals surface area contributed by atoms with Crippen molar-refractivity contribution < 1.29 is 4.52 Å². The molecule has 0 amide bonds. The van der Waals surface area contributed by atoms with Crippen LogP contribution < -0.4 is 5.32 Å². The third-order valence-corrected chi connectivity index (χ3v) is 2.68. The van der Waals surface area contributed by atoms with Gasteiger partial charge in [-0.3, -0.25) is 0 Å². The Morgan fingerprint density at radius 1 is 0.941 bits per heavy atom. The van der Waals surface area contributed by atoms with Gasteiger partial charge in [0.05, 0.1) is 5.39 Å². The lowest BCUT2D eigenvalue weighted by molar-refractivity contribution is 0.440. The summed E-state index contributed by atoms with van der Waals surface area (Å²) in [6.07, 6.45) is 0. The second kappa shape index (κ2) is 4.29. The van der Waals surface area contributed by atoms with E-state index in [4.69, 9.17) is 4.52 Å². The molecular formula is C14H12N2O. The summed E-state index contributed by atoms with van der Waals surface area (Å²) in [5, 5.41) is 8.27. The molecule has 3 nitrogen and oxygen atoms in total. The molecule has 1 heterocycles. The van der Waals surface area contributed by atoms with Crippen molar-refractivity contribution in [2.24, 2.45) is 0 Å². The fourth-order valence-electron chi connectivity index (χ4n) is 1.79. The van der Waals surface area contributed by atoms with Gasteiger partial charge >= 0.3 is 0 Å². The normalized spacial score (nSPS) is 10.6. The highest BCUT2D eigenvalue weighted by atomic mass is 16.5. The van der Waals surface area contributed by atoms with Crippen LogP contribution >= 0.6 is 0 Å². The van der Waals surface area contributed by atoms with E-state index in [2.05, 4.69) is 22.6 Å². The van der Waals surface area contributed by atoms with Gasteiger partial charge in [0.15, 0.2) is 0 Å². The minimum Gasteiger partial charge on any atom is -0.349 e. The molecule has 0 aliphatic carbocycles. The highest BCUT2D eigenvalue weighted by Gasteiger charge is 2.06. The summed E-state index contributed by atoms with van der Waals surface area (Å²) < 4.78 is 5.28. The molecular weight excluding hydrogens is 212 g/mol. The molecule has 17 heavy (non-hydrogen) atoms. The standard InChI is InChI=1S/C14H12N2O/c1-2-6-11(7-3-1)10-15-14-12-8-4-5-9-13(12)16-17-14/h1-9,15H,10H2. The molecule has 0 aliphatic rings. The smallest absolute Gasteiger partial charge is 0.232 e. The number of nitrogens with one attached hydrogen (secondary N) is 1. The van der Waals surface area contributed by atoms with E-state index in [0.717, 1.165) is 23.3 Å². The minimum absolute atomic E-state index is 0.726. The molecule has 0 fully saturated rings. The van der Waals surface area contributed by atoms with Gasteiger partial charge < -0.3 is 9.84 Å². The highest BCUT2D eigenvalue weighted by Crippen LogP contribution is 2.22. The zero-order valence-corrected chi connectivity index (χ0v) is 9.26. The lowest BCUT2D eigenvalue weighted by atomic mass is 10.2. The summed E-state index contributed by atoms with van der Waals surface area (Å²) in [5.74, 6) is 0.726. The topological polar surface area (TPSA) is 38.1 Å². The van der Waals surface area contributed by atoms with Crippen LogP contribution in [0.5, 0.6) is 0 Å². The van der Waals surface area contributed by atoms with Gasteiger partial charge in [0.1, 0.15) is 5.52 Å². The molecule has 3 heteroatoms. The van der Waals surface area contributed by atoms with Crippen LogP contribution in [0.1, 0.15) is 5.56 Å². The van der Waals surface area contributed by atoms with Crippen molar-refractivity contribution in [3.8, 4) is 0 Å². The number of aromatic nitrogens is 1. The number of nitrogens with zero attached hydrogens (tertiary/aromatic N) is 1. The van der Waals surface area contributed by atoms with E-state index in [1.165, 1.54) is 5.56 Å². The van der Waals surface area contributed by atoms with Crippen LogP contribution in [0.3, 0.4) is 0 Å². The molecule has 84 valence electrons. The first-order chi connectivity index (χ1) is 8.43. The van der Waals surface area contributed by atoms with E-state index in [9.17, 15) is 0 Å². The fourth-order valence-corrected chi connectivity index (χ4v) is 1.79. The first kappa shape index (κ1) is 9.90. The van der Waals surface area contributed by atoms with Crippen molar-refractivity contribution in [1.29, 1.82) is 0 Å². The minimum atomic E-state index is 0.726. The number of benzene rings is 2. The van der Waals surface area contributed by atoms with Gasteiger partial charge in [-0.25, -0.2) is 0 Å². The Morgan fingerprint density at radius 2 is 1.71 bits per heavy atom. The Hall–Kier alpha value is -2.29. The van der Waals surface area contributed by atoms with Crippen molar-refractivity contribution in [3.63, 3.8) is 0 Å². The molecule has 0 unspecified atom stereocenters. The first-order valence-electron chi connectivity index (χ1n) is 5.56. The molecule has 0 bridgehead atoms. The van der Waals surface area contributed by atoms with Crippen LogP contribution in [0.25, 0.3) is 10.9 Å². The Balaban J connectivity index is 1.82. The maximum atomic E-state index is 5.28. The summed E-state index contributed by atoms with van der Waals surface area (Å²) in [6.45, 7) is 0.736. The molecule has 0 aliphatic heterocycles. The van der Waals surface area contributed by atoms with Crippen molar-refractivity contribution in [3.05, 3.63) is 60.2 Å². The second-order valence-electron chi connectivity index (χ2n) is 3.87. The lowest BCUT2D eigenvalue weighted by Crippen LogP contribution is -1.97. The molecule has 1 N–H and O–H groups in total. The van der Waals surface area contributed by atoms with Gasteiger partial charge in [0.25, 0.3) is 0 Å². The summed E-state index contributed by atoms with van der Waals surface area (Å²) >= 11 is 0. The predicted octanol–water partition coefficient (Wildman–Crippen LogP) is 3.44. The first-order valence-corrected chi connectivity index (χ1v) is 5.56. The van der Waals surface area contributed by atoms with Gasteiger partial charge in [0.2, 0.25) is 5.88 Å². The van der Waals surface area contributed by atoms with Crippen molar-refractivity contribution in [2.75, 3.05) is 5.32 Å². The van der Waals surface area contributed by atoms with E-state index in [1.807, 2.05) is 42.5 Å². The molecule has 0 atom stereocenters. The molecule has 0 saturated heterocycles. The molecule has 2 aromatic carbocycles. The van der Waals surface area contributed by atoms with Crippen LogP contribution in [0.2, 0.25) is 0 Å². The summed E-state index contributed by atoms with van der Waals surface area (Å²) in [7, 11) is 0. The molecule has 3 rings (SSSR count). The molecule has 3 aromatic rings. The largest absolute Gasteiger partial charge is 0.349 e. The summed E-state index contributed by atoms with van der Waals surface area (Å²) in [5.41, 5.74) is 2.09. The zero-order valence-electron chi connectivity index (χ0n) is 9.26. The van der Waals surface area contributed by atoms with Crippen molar-refractivity contribution in [1.82, 2.24) is 5.16 Å². The van der Waals surface area contributed by atoms with Crippen LogP contribution in [-0.2, 0) is 6.54 Å². The average Bonchev–Trinajstić information content (AvgIpc) is 2.81. The Morgan fingerprint density at radius 3 is 2.59 bits per heavy atom. The van der Waals surface area contributed by atoms with Crippen LogP contribution in [-0.4, -0.2) is 5.16 Å². The van der Waals surface area contributed by atoms with Crippen molar-refractivity contribution >= 4 is 16.8 Å². The van der Waals surface area contributed by atoms with Gasteiger partial charge in [0, 0.05) is 6.54 Å². The van der Waals surface area contributed by atoms with E-state index in [0.29, 0.717) is 0 Å². The number of anilines is 1. The van der Waals surface area contributed by atoms with Gasteiger partial charge in [-0.05, 0) is 17.7 Å². The molecule has 1 aromatic heterocycles. The molecule has 0 spiro atoms. The average molecular weight is 224 g/mol. The van der Waals surface area contributed by atoms with Gasteiger partial charge in [-0.15, -0.1) is 0 Å². The number of fused-ring (bicyclic) bond motifs is 1. The van der Waals surface area contributed by atoms with E-state index in [1.54, 1.807) is 0 Å². The Bertz CT molecular complexity index is 616. The molecule has 0 radical (unpaired) electrons. The van der Waals surface area contributed by atoms with E-state index >= 15 is 0 Å². The number of rotatable bonds is 3. The van der Waals surface area contributed by atoms with Crippen molar-refractivity contribution in [2.45, 2.75) is 6.54 Å². The fraction of sp³-hybridized carbons (Fsp3) is 0.0714. The SMILES string of the molecule is c1ccc(CNc2onc3ccccc23)cc1. The van der Waals surface area contributed by atoms with E-state index in [-0.39, 0.29) is 0 Å². The Kier molecular flexibility index (Phi) is 2.50. The third kappa shape index (κ3) is 1.99. The van der Waals surface area contributed by atoms with Crippen LogP contribution in [0.4, 0.5) is 5.88 Å². The van der Waals surface area contributed by atoms with Gasteiger partial charge in [-0.1, -0.05) is 47.6 Å². The molecule has 0 saturated carbocycles. The Labute approximate surface area is 99.1 Å². The van der Waals surface area contributed by atoms with Gasteiger partial charge in [-0.2, -0.15) is 0 Å². The summed E-state index contributed by atoms with van der Waals surface area (Å²) in [6, 6.07) is 18.1. The maximum Gasteiger partial charge on any atom is 0.232 e. The number of hydrogen-bond acceptors (Lipinski definition) is 3. The summed E-state index contributed by atoms with van der Waals surface area (Å²) in [4.78, 5) is 0. The van der Waals surface area contributed by atoms with E-state index < -0.39 is 0 Å². The third-order valence-electron chi connectivity index (χ3n) is 2.68. The number of hydrogen-bond donors (Lipinski definition) is 1. The quantitative estimate of drug-likeness (QED) is 0.740. The highest BCUT2D eigenvalue weighted by molar-refractivity contribution is 5.88. The zero-order chi connectivity index (χ0) is 11.5. The predicted molar refractivity (Wildman–Crippen MR) is 67.8 cm³/mol. The lowest BCUT2D eigenvalue weighted by Gasteiger charge is -2.02. The van der Waals surface area contributed by atoms with Crippen LogP contribution in [0.15, 0.2) is 59.1 Å². The van der Waals surface area contributed by atoms with Crippen LogP contribution in [0, 0.1) is 0 Å². The maximum absolute atomic E-state index is 5.28.